The molecule has 12 heteroatoms. The lowest BCUT2D eigenvalue weighted by molar-refractivity contribution is -0.0508. The third kappa shape index (κ3) is 5.19. The fourth-order valence-electron chi connectivity index (χ4n) is 6.37. The zero-order valence-electron chi connectivity index (χ0n) is 26.0. The Morgan fingerprint density at radius 3 is 2.49 bits per heavy atom. The van der Waals surface area contributed by atoms with E-state index >= 15 is 0 Å². The fraction of sp³-hybridized carbons (Fsp3) is 0.516. The smallest absolute Gasteiger partial charge is 0.387 e. The summed E-state index contributed by atoms with van der Waals surface area (Å²) in [6.45, 7) is 12.2. The van der Waals surface area contributed by atoms with Gasteiger partial charge in [-0.2, -0.15) is 8.78 Å². The van der Waals surface area contributed by atoms with Gasteiger partial charge in [-0.25, -0.2) is 19.7 Å². The molecule has 1 aromatic carbocycles. The fourth-order valence-corrected chi connectivity index (χ4v) is 10.1. The second-order valence-electron chi connectivity index (χ2n) is 14.0. The number of thiol groups is 1. The number of nitrogens with one attached hydrogen (secondary N) is 1. The maximum Gasteiger partial charge on any atom is 0.387 e. The quantitative estimate of drug-likeness (QED) is 0.300. The monoisotopic (exact) mass is 629 g/mol. The van der Waals surface area contributed by atoms with Crippen LogP contribution in [0.3, 0.4) is 0 Å². The molecule has 0 amide bonds. The van der Waals surface area contributed by atoms with Crippen LogP contribution in [-0.2, 0) is 20.1 Å². The number of rotatable bonds is 6. The van der Waals surface area contributed by atoms with E-state index in [0.717, 1.165) is 28.5 Å². The first kappa shape index (κ1) is 30.2. The van der Waals surface area contributed by atoms with Crippen LogP contribution in [0.1, 0.15) is 88.2 Å². The second kappa shape index (κ2) is 10.1. The SMILES string of the molecule is CC(C)(O[Si](C)(C)C(C)(C)C)c1ncc(C2C=c3c(nc4n3[C@@H]3C[C@H]4N[SH](C)(=O)c4cccc(OC(F)F)c43)=CC2)cn1. The molecular formula is C31H41F2N5O3SSi. The van der Waals surface area contributed by atoms with E-state index in [1.165, 1.54) is 6.07 Å². The van der Waals surface area contributed by atoms with Crippen LogP contribution in [0.15, 0.2) is 35.5 Å². The second-order valence-corrected chi connectivity index (χ2v) is 21.3. The number of imidazole rings is 1. The average molecular weight is 630 g/mol. The third-order valence-corrected chi connectivity index (χ3v) is 16.2. The zero-order valence-corrected chi connectivity index (χ0v) is 27.9. The molecule has 6 rings (SSSR count). The Morgan fingerprint density at radius 2 is 1.84 bits per heavy atom. The van der Waals surface area contributed by atoms with Gasteiger partial charge in [0.2, 0.25) is 0 Å². The van der Waals surface area contributed by atoms with Crippen molar-refractivity contribution >= 4 is 30.6 Å². The van der Waals surface area contributed by atoms with Crippen molar-refractivity contribution < 1.29 is 22.2 Å². The van der Waals surface area contributed by atoms with Crippen LogP contribution in [0.5, 0.6) is 5.75 Å². The van der Waals surface area contributed by atoms with Crippen LogP contribution in [-0.4, -0.2) is 44.9 Å². The summed E-state index contributed by atoms with van der Waals surface area (Å²) in [7, 11) is -5.12. The zero-order chi connectivity index (χ0) is 31.1. The molecular weight excluding hydrogens is 589 g/mol. The Labute approximate surface area is 253 Å². The maximum absolute atomic E-state index is 13.8. The first-order chi connectivity index (χ1) is 20.0. The topological polar surface area (TPSA) is 91.2 Å². The first-order valence-electron chi connectivity index (χ1n) is 14.7. The van der Waals surface area contributed by atoms with Crippen LogP contribution in [0.25, 0.3) is 12.2 Å². The number of hydrogen-bond donors (Lipinski definition) is 2. The van der Waals surface area contributed by atoms with Gasteiger partial charge in [0, 0.05) is 35.0 Å². The number of ether oxygens (including phenoxy) is 1. The van der Waals surface area contributed by atoms with Crippen LogP contribution in [0.4, 0.5) is 8.78 Å². The van der Waals surface area contributed by atoms with E-state index in [-0.39, 0.29) is 28.8 Å². The van der Waals surface area contributed by atoms with E-state index in [9.17, 15) is 13.0 Å². The summed E-state index contributed by atoms with van der Waals surface area (Å²) in [4.78, 5) is 15.0. The standard InChI is InChI=1S/C31H41F2N5O3SSi/c1-30(2,3)43(7,8)41-31(4,5)28-34-16-19(17-35-28)18-12-13-20-22(14-18)38-23-15-21(27(38)36-20)37-42(6,39)25-11-9-10-24(26(23)25)40-29(32)33/h9-11,13-14,16-18,21,23,29,42H,12,15H2,1-8H3,(H,37,39)/t18?,21-,23-/m1/s1. The van der Waals surface area contributed by atoms with Gasteiger partial charge in [-0.05, 0) is 72.6 Å². The summed E-state index contributed by atoms with van der Waals surface area (Å²) in [5.74, 6) is 1.47. The van der Waals surface area contributed by atoms with Gasteiger partial charge in [0.15, 0.2) is 14.1 Å². The molecule has 1 aliphatic carbocycles. The van der Waals surface area contributed by atoms with Crippen molar-refractivity contribution in [2.75, 3.05) is 6.26 Å². The molecule has 2 aromatic heterocycles. The number of halogens is 2. The summed E-state index contributed by atoms with van der Waals surface area (Å²) in [6, 6.07) is 4.28. The highest BCUT2D eigenvalue weighted by atomic mass is 32.3. The summed E-state index contributed by atoms with van der Waals surface area (Å²) in [5.41, 5.74) is 0.881. The van der Waals surface area contributed by atoms with Crippen molar-refractivity contribution in [3.8, 4) is 5.75 Å². The van der Waals surface area contributed by atoms with Gasteiger partial charge < -0.3 is 13.7 Å². The molecule has 0 spiro atoms. The Kier molecular flexibility index (Phi) is 7.11. The lowest BCUT2D eigenvalue weighted by Crippen LogP contribution is -2.46. The molecule has 3 aromatic rings. The normalized spacial score (nSPS) is 23.4. The predicted molar refractivity (Wildman–Crippen MR) is 167 cm³/mol. The van der Waals surface area contributed by atoms with Gasteiger partial charge in [0.05, 0.1) is 22.8 Å². The number of nitrogens with zero attached hydrogens (tertiary/aromatic N) is 4. The molecule has 8 nitrogen and oxygen atoms in total. The van der Waals surface area contributed by atoms with Crippen LogP contribution < -0.4 is 20.2 Å². The Hall–Kier alpha value is -2.80. The lowest BCUT2D eigenvalue weighted by atomic mass is 9.94. The molecule has 43 heavy (non-hydrogen) atoms. The molecule has 3 atom stereocenters. The van der Waals surface area contributed by atoms with Crippen LogP contribution in [0.2, 0.25) is 18.1 Å². The molecule has 0 saturated carbocycles. The third-order valence-electron chi connectivity index (χ3n) is 9.42. The Bertz CT molecular complexity index is 1750. The average Bonchev–Trinajstić information content (AvgIpc) is 3.40. The lowest BCUT2D eigenvalue weighted by Gasteiger charge is -2.42. The number of benzene rings is 1. The summed E-state index contributed by atoms with van der Waals surface area (Å²) >= 11 is 0. The number of aromatic nitrogens is 4. The van der Waals surface area contributed by atoms with Crippen molar-refractivity contribution in [1.29, 1.82) is 0 Å². The van der Waals surface area contributed by atoms with Gasteiger partial charge >= 0.3 is 6.61 Å². The van der Waals surface area contributed by atoms with Crippen LogP contribution >= 0.6 is 0 Å². The van der Waals surface area contributed by atoms with E-state index < -0.39 is 30.6 Å². The van der Waals surface area contributed by atoms with E-state index in [2.05, 4.69) is 55.3 Å². The van der Waals surface area contributed by atoms with Gasteiger partial charge in [0.25, 0.3) is 0 Å². The highest BCUT2D eigenvalue weighted by Gasteiger charge is 2.44. The van der Waals surface area contributed by atoms with E-state index in [1.807, 2.05) is 26.2 Å². The number of hydrogen-bond acceptors (Lipinski definition) is 6. The van der Waals surface area contributed by atoms with E-state index in [4.69, 9.17) is 24.1 Å². The molecule has 1 unspecified atom stereocenters. The van der Waals surface area contributed by atoms with Crippen molar-refractivity contribution in [2.24, 2.45) is 0 Å². The molecule has 2 aliphatic heterocycles. The maximum atomic E-state index is 13.8. The molecule has 0 fully saturated rings. The van der Waals surface area contributed by atoms with Crippen molar-refractivity contribution in [3.63, 3.8) is 0 Å². The van der Waals surface area contributed by atoms with E-state index in [0.29, 0.717) is 22.7 Å². The first-order valence-corrected chi connectivity index (χ1v) is 19.8. The minimum absolute atomic E-state index is 0.00618. The largest absolute Gasteiger partial charge is 0.434 e. The van der Waals surface area contributed by atoms with Crippen molar-refractivity contribution in [2.45, 2.75) is 101 Å². The summed E-state index contributed by atoms with van der Waals surface area (Å²) in [5, 5.41) is 1.82. The van der Waals surface area contributed by atoms with E-state index in [1.54, 1.807) is 18.4 Å². The highest BCUT2D eigenvalue weighted by molar-refractivity contribution is 8.00. The molecule has 1 N–H and O–H groups in total. The number of fused-ring (bicyclic) bond motifs is 9. The molecule has 0 saturated heterocycles. The van der Waals surface area contributed by atoms with Gasteiger partial charge in [-0.15, -0.1) is 0 Å². The summed E-state index contributed by atoms with van der Waals surface area (Å²) < 4.78 is 57.8. The van der Waals surface area contributed by atoms with Gasteiger partial charge in [0.1, 0.15) is 17.2 Å². The van der Waals surface area contributed by atoms with Crippen molar-refractivity contribution in [1.82, 2.24) is 24.2 Å². The molecule has 232 valence electrons. The predicted octanol–water partition coefficient (Wildman–Crippen LogP) is 4.84. The summed E-state index contributed by atoms with van der Waals surface area (Å²) in [6.07, 6.45) is 10.9. The Morgan fingerprint density at radius 1 is 1.14 bits per heavy atom. The highest BCUT2D eigenvalue weighted by Crippen LogP contribution is 2.47. The molecule has 0 radical (unpaired) electrons. The van der Waals surface area contributed by atoms with Crippen LogP contribution in [0, 0.1) is 0 Å². The number of alkyl halides is 2. The minimum atomic E-state index is -3.07. The van der Waals surface area contributed by atoms with Gasteiger partial charge in [-0.3, -0.25) is 4.21 Å². The minimum Gasteiger partial charge on any atom is -0.434 e. The van der Waals surface area contributed by atoms with Gasteiger partial charge in [-0.1, -0.05) is 39.0 Å². The van der Waals surface area contributed by atoms with Crippen molar-refractivity contribution in [3.05, 3.63) is 64.1 Å². The molecule has 2 bridgehead atoms. The Balaban J connectivity index is 1.37. The molecule has 3 aliphatic rings. The molecule has 4 heterocycles.